The molecule has 2 N–H and O–H groups in total. The lowest BCUT2D eigenvalue weighted by Crippen LogP contribution is -2.47. The Morgan fingerprint density at radius 3 is 2.54 bits per heavy atom. The number of hydrogen-bond acceptors (Lipinski definition) is 9. The van der Waals surface area contributed by atoms with Gasteiger partial charge >= 0.3 is 6.18 Å². The maximum absolute atomic E-state index is 13.7. The second kappa shape index (κ2) is 9.93. The van der Waals surface area contributed by atoms with Gasteiger partial charge in [-0.3, -0.25) is 0 Å². The van der Waals surface area contributed by atoms with Gasteiger partial charge in [-0.1, -0.05) is 6.92 Å². The van der Waals surface area contributed by atoms with Crippen LogP contribution in [-0.2, 0) is 29.7 Å². The average Bonchev–Trinajstić information content (AvgIpc) is 3.42. The van der Waals surface area contributed by atoms with E-state index < -0.39 is 27.4 Å². The van der Waals surface area contributed by atoms with Crippen molar-refractivity contribution in [3.8, 4) is 10.6 Å². The summed E-state index contributed by atoms with van der Waals surface area (Å²) in [5.41, 5.74) is -2.34. The summed E-state index contributed by atoms with van der Waals surface area (Å²) in [5.74, 6) is -0.165. The lowest BCUT2D eigenvalue weighted by atomic mass is 9.95. The first-order chi connectivity index (χ1) is 17.1. The Bertz CT molecular complexity index is 1370. The van der Waals surface area contributed by atoms with E-state index in [1.807, 2.05) is 6.92 Å². The van der Waals surface area contributed by atoms with E-state index in [-0.39, 0.29) is 53.0 Å². The zero-order valence-electron chi connectivity index (χ0n) is 20.7. The average molecular weight is 560 g/mol. The Morgan fingerprint density at radius 1 is 1.22 bits per heavy atom. The van der Waals surface area contributed by atoms with Gasteiger partial charge in [-0.2, -0.15) is 17.5 Å². The molecule has 0 aromatic carbocycles. The summed E-state index contributed by atoms with van der Waals surface area (Å²) in [6.45, 7) is 5.46. The van der Waals surface area contributed by atoms with Crippen molar-refractivity contribution in [3.63, 3.8) is 0 Å². The Kier molecular flexibility index (Phi) is 7.35. The van der Waals surface area contributed by atoms with Crippen LogP contribution in [0.3, 0.4) is 0 Å². The van der Waals surface area contributed by atoms with E-state index in [4.69, 9.17) is 0 Å². The maximum Gasteiger partial charge on any atom is 0.420 e. The Balaban J connectivity index is 1.54. The van der Waals surface area contributed by atoms with Gasteiger partial charge in [-0.05, 0) is 26.2 Å². The number of halogens is 3. The standard InChI is InChI=1S/C22H28F3N7O3S2/c1-13-10-32(37(34,35)18-11-31(4)12-28-18)6-5-15(13)29-20-27-8-14(22(23,24)25)19(30-20)16-9-26-17(36-16)7-21(2,3)33/h8-9,11-13,15,33H,5-7,10H2,1-4H3,(H,27,29,30)/t13-,15+/m1/s1. The Labute approximate surface area is 216 Å². The van der Waals surface area contributed by atoms with E-state index in [0.29, 0.717) is 11.4 Å². The van der Waals surface area contributed by atoms with Crippen molar-refractivity contribution in [2.24, 2.45) is 13.0 Å². The third-order valence-electron chi connectivity index (χ3n) is 5.93. The van der Waals surface area contributed by atoms with Crippen LogP contribution >= 0.6 is 11.3 Å². The van der Waals surface area contributed by atoms with Gasteiger partial charge < -0.3 is 15.0 Å². The van der Waals surface area contributed by atoms with Crippen molar-refractivity contribution in [1.82, 2.24) is 28.8 Å². The van der Waals surface area contributed by atoms with E-state index in [1.165, 1.54) is 23.0 Å². The minimum atomic E-state index is -4.67. The number of rotatable bonds is 7. The zero-order chi connectivity index (χ0) is 27.2. The number of piperidine rings is 1. The molecule has 202 valence electrons. The fraction of sp³-hybridized carbons (Fsp3) is 0.545. The first-order valence-electron chi connectivity index (χ1n) is 11.5. The fourth-order valence-corrected chi connectivity index (χ4v) is 6.74. The molecule has 2 atom stereocenters. The van der Waals surface area contributed by atoms with Crippen LogP contribution in [0.25, 0.3) is 10.6 Å². The number of hydrogen-bond donors (Lipinski definition) is 2. The van der Waals surface area contributed by atoms with Crippen molar-refractivity contribution in [2.75, 3.05) is 18.4 Å². The number of aryl methyl sites for hydroxylation is 1. The van der Waals surface area contributed by atoms with Gasteiger partial charge in [0.15, 0.2) is 5.03 Å². The second-order valence-electron chi connectivity index (χ2n) is 9.82. The number of aliphatic hydroxyl groups is 1. The Hall–Kier alpha value is -2.62. The van der Waals surface area contributed by atoms with Gasteiger partial charge in [-0.25, -0.2) is 28.4 Å². The van der Waals surface area contributed by atoms with Crippen molar-refractivity contribution >= 4 is 27.3 Å². The quantitative estimate of drug-likeness (QED) is 0.452. The van der Waals surface area contributed by atoms with Gasteiger partial charge in [0.1, 0.15) is 5.56 Å². The van der Waals surface area contributed by atoms with E-state index in [0.717, 1.165) is 17.5 Å². The highest BCUT2D eigenvalue weighted by molar-refractivity contribution is 7.89. The highest BCUT2D eigenvalue weighted by atomic mass is 32.2. The molecule has 0 saturated carbocycles. The third kappa shape index (κ3) is 6.27. The minimum Gasteiger partial charge on any atom is -0.390 e. The van der Waals surface area contributed by atoms with Crippen LogP contribution in [-0.4, -0.2) is 67.1 Å². The SMILES string of the molecule is C[C@@H]1CN(S(=O)(=O)c2cn(C)cn2)CC[C@@H]1Nc1ncc(C(F)(F)F)c(-c2cnc(CC(C)(C)O)s2)n1. The van der Waals surface area contributed by atoms with E-state index in [9.17, 15) is 26.7 Å². The molecular formula is C22H28F3N7O3S2. The molecule has 1 fully saturated rings. The van der Waals surface area contributed by atoms with Crippen LogP contribution in [0, 0.1) is 5.92 Å². The molecule has 0 spiro atoms. The number of nitrogens with zero attached hydrogens (tertiary/aromatic N) is 6. The zero-order valence-corrected chi connectivity index (χ0v) is 22.3. The molecule has 0 bridgehead atoms. The van der Waals surface area contributed by atoms with Crippen LogP contribution in [0.2, 0.25) is 0 Å². The molecule has 15 heteroatoms. The monoisotopic (exact) mass is 559 g/mol. The van der Waals surface area contributed by atoms with Gasteiger partial charge in [-0.15, -0.1) is 11.3 Å². The lowest BCUT2D eigenvalue weighted by Gasteiger charge is -2.36. The minimum absolute atomic E-state index is 0.0123. The summed E-state index contributed by atoms with van der Waals surface area (Å²) in [6.07, 6.45) is 0.833. The summed E-state index contributed by atoms with van der Waals surface area (Å²) in [7, 11) is -2.07. The van der Waals surface area contributed by atoms with Gasteiger partial charge in [0.2, 0.25) is 5.95 Å². The molecule has 3 aromatic rings. The first-order valence-corrected chi connectivity index (χ1v) is 13.8. The van der Waals surface area contributed by atoms with Crippen LogP contribution in [0.4, 0.5) is 19.1 Å². The van der Waals surface area contributed by atoms with E-state index in [1.54, 1.807) is 25.5 Å². The summed E-state index contributed by atoms with van der Waals surface area (Å²) < 4.78 is 69.9. The molecule has 10 nitrogen and oxygen atoms in total. The summed E-state index contributed by atoms with van der Waals surface area (Å²) in [6, 6.07) is -0.257. The number of imidazole rings is 1. The third-order valence-corrected chi connectivity index (χ3v) is 8.69. The predicted molar refractivity (Wildman–Crippen MR) is 131 cm³/mol. The van der Waals surface area contributed by atoms with Crippen LogP contribution in [0.15, 0.2) is 29.9 Å². The molecule has 0 aliphatic carbocycles. The first kappa shape index (κ1) is 27.4. The summed E-state index contributed by atoms with van der Waals surface area (Å²) >= 11 is 1.03. The molecule has 1 aliphatic heterocycles. The fourth-order valence-electron chi connectivity index (χ4n) is 4.08. The van der Waals surface area contributed by atoms with Gasteiger partial charge in [0.25, 0.3) is 10.0 Å². The van der Waals surface area contributed by atoms with Gasteiger partial charge in [0.05, 0.1) is 27.5 Å². The molecular weight excluding hydrogens is 531 g/mol. The van der Waals surface area contributed by atoms with E-state index >= 15 is 0 Å². The molecule has 1 saturated heterocycles. The summed E-state index contributed by atoms with van der Waals surface area (Å²) in [5, 5.41) is 13.6. The molecule has 4 heterocycles. The molecule has 0 unspecified atom stereocenters. The predicted octanol–water partition coefficient (Wildman–Crippen LogP) is 3.18. The second-order valence-corrected chi connectivity index (χ2v) is 12.8. The van der Waals surface area contributed by atoms with Crippen LogP contribution in [0.5, 0.6) is 0 Å². The van der Waals surface area contributed by atoms with Crippen LogP contribution < -0.4 is 5.32 Å². The molecule has 4 rings (SSSR count). The van der Waals surface area contributed by atoms with Crippen LogP contribution in [0.1, 0.15) is 37.8 Å². The van der Waals surface area contributed by atoms with E-state index in [2.05, 4.69) is 25.3 Å². The van der Waals surface area contributed by atoms with Crippen molar-refractivity contribution in [3.05, 3.63) is 35.5 Å². The topological polar surface area (TPSA) is 126 Å². The smallest absolute Gasteiger partial charge is 0.390 e. The largest absolute Gasteiger partial charge is 0.420 e. The number of aromatic nitrogens is 5. The molecule has 37 heavy (non-hydrogen) atoms. The molecule has 1 aliphatic rings. The number of alkyl halides is 3. The van der Waals surface area contributed by atoms with Gasteiger partial charge in [0, 0.05) is 51.2 Å². The number of sulfonamides is 1. The summed E-state index contributed by atoms with van der Waals surface area (Å²) in [4.78, 5) is 16.4. The number of anilines is 1. The number of thiazole rings is 1. The highest BCUT2D eigenvalue weighted by Gasteiger charge is 2.38. The lowest BCUT2D eigenvalue weighted by molar-refractivity contribution is -0.137. The van der Waals surface area contributed by atoms with Crippen molar-refractivity contribution in [2.45, 2.75) is 56.5 Å². The Morgan fingerprint density at radius 2 is 1.95 bits per heavy atom. The highest BCUT2D eigenvalue weighted by Crippen LogP contribution is 2.38. The maximum atomic E-state index is 13.7. The molecule has 3 aromatic heterocycles. The van der Waals surface area contributed by atoms with Crippen molar-refractivity contribution in [1.29, 1.82) is 0 Å². The molecule has 0 radical (unpaired) electrons. The number of nitrogens with one attached hydrogen (secondary N) is 1. The van der Waals surface area contributed by atoms with Crippen molar-refractivity contribution < 1.29 is 26.7 Å². The normalized spacial score (nSPS) is 19.8. The molecule has 0 amide bonds.